The Bertz CT molecular complexity index is 189. The number of nitrogens with zero attached hydrogens (tertiary/aromatic N) is 1. The molecule has 0 fully saturated rings. The van der Waals surface area contributed by atoms with E-state index in [-0.39, 0.29) is 11.9 Å². The molecule has 0 aliphatic rings. The number of nitrogens with one attached hydrogen (secondary N) is 1. The molecule has 1 unspecified atom stereocenters. The maximum absolute atomic E-state index is 11.2. The number of nitriles is 1. The Morgan fingerprint density at radius 1 is 1.69 bits per heavy atom. The van der Waals surface area contributed by atoms with Crippen molar-refractivity contribution in [1.29, 1.82) is 5.26 Å². The van der Waals surface area contributed by atoms with Crippen molar-refractivity contribution in [3.05, 3.63) is 0 Å². The van der Waals surface area contributed by atoms with E-state index < -0.39 is 0 Å². The predicted molar refractivity (Wildman–Crippen MR) is 52.4 cm³/mol. The quantitative estimate of drug-likeness (QED) is 0.668. The van der Waals surface area contributed by atoms with Gasteiger partial charge in [0.1, 0.15) is 0 Å². The van der Waals surface area contributed by atoms with Crippen LogP contribution in [0.15, 0.2) is 0 Å². The molecule has 0 saturated carbocycles. The van der Waals surface area contributed by atoms with Crippen LogP contribution in [0.5, 0.6) is 0 Å². The molecule has 0 radical (unpaired) electrons. The van der Waals surface area contributed by atoms with Crippen molar-refractivity contribution in [2.24, 2.45) is 0 Å². The summed E-state index contributed by atoms with van der Waals surface area (Å²) in [7, 11) is 0. The lowest BCUT2D eigenvalue weighted by Gasteiger charge is -2.12. The van der Waals surface area contributed by atoms with Crippen LogP contribution >= 0.6 is 11.6 Å². The minimum atomic E-state index is -0.0113. The van der Waals surface area contributed by atoms with E-state index in [9.17, 15) is 4.79 Å². The SMILES string of the molecule is CCC(CC#N)NC(=O)CCCCl. The van der Waals surface area contributed by atoms with Gasteiger partial charge in [-0.2, -0.15) is 5.26 Å². The minimum absolute atomic E-state index is 0.00664. The van der Waals surface area contributed by atoms with E-state index >= 15 is 0 Å². The Morgan fingerprint density at radius 2 is 2.38 bits per heavy atom. The Balaban J connectivity index is 3.67. The van der Waals surface area contributed by atoms with Crippen LogP contribution in [-0.4, -0.2) is 17.8 Å². The highest BCUT2D eigenvalue weighted by atomic mass is 35.5. The van der Waals surface area contributed by atoms with Crippen molar-refractivity contribution in [3.63, 3.8) is 0 Å². The second-order valence-electron chi connectivity index (χ2n) is 2.83. The molecular formula is C9H15ClN2O. The van der Waals surface area contributed by atoms with E-state index in [2.05, 4.69) is 5.32 Å². The van der Waals surface area contributed by atoms with Crippen molar-refractivity contribution < 1.29 is 4.79 Å². The molecule has 0 aromatic carbocycles. The lowest BCUT2D eigenvalue weighted by Crippen LogP contribution is -2.33. The highest BCUT2D eigenvalue weighted by Gasteiger charge is 2.08. The van der Waals surface area contributed by atoms with Crippen LogP contribution in [0.25, 0.3) is 0 Å². The molecule has 0 spiro atoms. The topological polar surface area (TPSA) is 52.9 Å². The molecule has 4 heteroatoms. The molecule has 0 aliphatic heterocycles. The van der Waals surface area contributed by atoms with E-state index in [1.807, 2.05) is 13.0 Å². The molecule has 0 aromatic heterocycles. The van der Waals surface area contributed by atoms with Crippen LogP contribution < -0.4 is 5.32 Å². The van der Waals surface area contributed by atoms with Crippen molar-refractivity contribution in [2.45, 2.75) is 38.6 Å². The normalized spacial score (nSPS) is 11.8. The van der Waals surface area contributed by atoms with E-state index in [1.165, 1.54) is 0 Å². The summed E-state index contributed by atoms with van der Waals surface area (Å²) in [5, 5.41) is 11.2. The predicted octanol–water partition coefficient (Wildman–Crippen LogP) is 1.81. The fraction of sp³-hybridized carbons (Fsp3) is 0.778. The molecule has 1 amide bonds. The van der Waals surface area contributed by atoms with Gasteiger partial charge >= 0.3 is 0 Å². The summed E-state index contributed by atoms with van der Waals surface area (Å²) in [6, 6.07) is 2.03. The monoisotopic (exact) mass is 202 g/mol. The summed E-state index contributed by atoms with van der Waals surface area (Å²) in [4.78, 5) is 11.2. The van der Waals surface area contributed by atoms with Crippen LogP contribution in [0.2, 0.25) is 0 Å². The lowest BCUT2D eigenvalue weighted by atomic mass is 10.1. The van der Waals surface area contributed by atoms with Crippen LogP contribution in [-0.2, 0) is 4.79 Å². The zero-order valence-corrected chi connectivity index (χ0v) is 8.60. The number of hydrogen-bond acceptors (Lipinski definition) is 2. The van der Waals surface area contributed by atoms with Crippen molar-refractivity contribution in [2.75, 3.05) is 5.88 Å². The van der Waals surface area contributed by atoms with E-state index in [0.29, 0.717) is 25.1 Å². The van der Waals surface area contributed by atoms with Gasteiger partial charge in [-0.1, -0.05) is 6.92 Å². The van der Waals surface area contributed by atoms with Gasteiger partial charge in [0.15, 0.2) is 0 Å². The molecule has 3 nitrogen and oxygen atoms in total. The van der Waals surface area contributed by atoms with E-state index in [4.69, 9.17) is 16.9 Å². The van der Waals surface area contributed by atoms with E-state index in [0.717, 1.165) is 6.42 Å². The van der Waals surface area contributed by atoms with Gasteiger partial charge < -0.3 is 5.32 Å². The highest BCUT2D eigenvalue weighted by Crippen LogP contribution is 1.98. The summed E-state index contributed by atoms with van der Waals surface area (Å²) in [5.74, 6) is 0.491. The molecule has 1 atom stereocenters. The van der Waals surface area contributed by atoms with Gasteiger partial charge in [-0.25, -0.2) is 0 Å². The second kappa shape index (κ2) is 7.88. The largest absolute Gasteiger partial charge is 0.352 e. The standard InChI is InChI=1S/C9H15ClN2O/c1-2-8(5-7-11)12-9(13)4-3-6-10/h8H,2-6H2,1H3,(H,12,13). The Labute approximate surface area is 84.1 Å². The molecule has 1 N–H and O–H groups in total. The van der Waals surface area contributed by atoms with Gasteiger partial charge in [0, 0.05) is 18.3 Å². The fourth-order valence-electron chi connectivity index (χ4n) is 0.935. The number of amides is 1. The first kappa shape index (κ1) is 12.2. The number of halogens is 1. The summed E-state index contributed by atoms with van der Waals surface area (Å²) in [6.45, 7) is 1.95. The Morgan fingerprint density at radius 3 is 2.85 bits per heavy atom. The van der Waals surface area contributed by atoms with Gasteiger partial charge in [0.05, 0.1) is 12.5 Å². The molecule has 74 valence electrons. The van der Waals surface area contributed by atoms with Crippen molar-refractivity contribution in [1.82, 2.24) is 5.32 Å². The van der Waals surface area contributed by atoms with Crippen LogP contribution in [0.3, 0.4) is 0 Å². The van der Waals surface area contributed by atoms with Crippen molar-refractivity contribution in [3.8, 4) is 6.07 Å². The van der Waals surface area contributed by atoms with Gasteiger partial charge in [-0.05, 0) is 12.8 Å². The molecular weight excluding hydrogens is 188 g/mol. The smallest absolute Gasteiger partial charge is 0.220 e. The highest BCUT2D eigenvalue weighted by molar-refractivity contribution is 6.17. The van der Waals surface area contributed by atoms with Gasteiger partial charge in [0.25, 0.3) is 0 Å². The van der Waals surface area contributed by atoms with Gasteiger partial charge in [-0.3, -0.25) is 4.79 Å². The minimum Gasteiger partial charge on any atom is -0.352 e. The van der Waals surface area contributed by atoms with Gasteiger partial charge in [-0.15, -0.1) is 11.6 Å². The summed E-state index contributed by atoms with van der Waals surface area (Å²) in [6.07, 6.45) is 2.31. The Hall–Kier alpha value is -0.750. The maximum Gasteiger partial charge on any atom is 0.220 e. The second-order valence-corrected chi connectivity index (χ2v) is 3.21. The average molecular weight is 203 g/mol. The molecule has 0 rings (SSSR count). The molecule has 0 bridgehead atoms. The molecule has 0 heterocycles. The zero-order valence-electron chi connectivity index (χ0n) is 7.85. The number of rotatable bonds is 6. The average Bonchev–Trinajstić information content (AvgIpc) is 2.14. The molecule has 0 aromatic rings. The van der Waals surface area contributed by atoms with Gasteiger partial charge in [0.2, 0.25) is 5.91 Å². The number of carbonyl (C=O) groups is 1. The van der Waals surface area contributed by atoms with Crippen LogP contribution in [0.4, 0.5) is 0 Å². The van der Waals surface area contributed by atoms with Crippen LogP contribution in [0, 0.1) is 11.3 Å². The maximum atomic E-state index is 11.2. The zero-order chi connectivity index (χ0) is 10.1. The Kier molecular flexibility index (Phi) is 7.42. The summed E-state index contributed by atoms with van der Waals surface area (Å²) >= 11 is 5.44. The number of alkyl halides is 1. The van der Waals surface area contributed by atoms with E-state index in [1.54, 1.807) is 0 Å². The first-order valence-electron chi connectivity index (χ1n) is 4.46. The molecule has 0 aliphatic carbocycles. The first-order chi connectivity index (χ1) is 6.24. The molecule has 0 saturated heterocycles. The molecule has 13 heavy (non-hydrogen) atoms. The van der Waals surface area contributed by atoms with Crippen molar-refractivity contribution >= 4 is 17.5 Å². The van der Waals surface area contributed by atoms with Crippen LogP contribution in [0.1, 0.15) is 32.6 Å². The number of hydrogen-bond donors (Lipinski definition) is 1. The lowest BCUT2D eigenvalue weighted by molar-refractivity contribution is -0.121. The third-order valence-electron chi connectivity index (χ3n) is 1.73. The summed E-state index contributed by atoms with van der Waals surface area (Å²) in [5.41, 5.74) is 0. The fourth-order valence-corrected chi connectivity index (χ4v) is 1.07. The third-order valence-corrected chi connectivity index (χ3v) is 2.00. The summed E-state index contributed by atoms with van der Waals surface area (Å²) < 4.78 is 0. The first-order valence-corrected chi connectivity index (χ1v) is 5.00. The number of carbonyl (C=O) groups excluding carboxylic acids is 1. The third kappa shape index (κ3) is 6.41.